The Bertz CT molecular complexity index is 367. The van der Waals surface area contributed by atoms with Gasteiger partial charge in [0, 0.05) is 24.1 Å². The molecule has 2 rings (SSSR count). The van der Waals surface area contributed by atoms with E-state index in [1.54, 1.807) is 0 Å². The first-order valence-electron chi connectivity index (χ1n) is 6.57. The highest BCUT2D eigenvalue weighted by Crippen LogP contribution is 2.36. The van der Waals surface area contributed by atoms with E-state index in [0.717, 1.165) is 5.33 Å². The maximum atomic E-state index is 3.58. The van der Waals surface area contributed by atoms with Gasteiger partial charge in [-0.1, -0.05) is 54.4 Å². The molecule has 2 heteroatoms. The van der Waals surface area contributed by atoms with Crippen LogP contribution in [0.3, 0.4) is 0 Å². The van der Waals surface area contributed by atoms with E-state index in [1.165, 1.54) is 43.6 Å². The molecule has 1 aliphatic rings. The number of hydrogen-bond acceptors (Lipinski definition) is 1. The lowest BCUT2D eigenvalue weighted by Crippen LogP contribution is -2.38. The van der Waals surface area contributed by atoms with Crippen molar-refractivity contribution in [1.29, 1.82) is 0 Å². The van der Waals surface area contributed by atoms with Crippen molar-refractivity contribution < 1.29 is 0 Å². The summed E-state index contributed by atoms with van der Waals surface area (Å²) in [5.74, 6) is 0. The van der Waals surface area contributed by atoms with E-state index in [4.69, 9.17) is 0 Å². The number of hydrogen-bond donors (Lipinski definition) is 0. The van der Waals surface area contributed by atoms with Crippen molar-refractivity contribution >= 4 is 21.6 Å². The van der Waals surface area contributed by atoms with Gasteiger partial charge in [-0.05, 0) is 29.9 Å². The van der Waals surface area contributed by atoms with Crippen LogP contribution in [0.4, 0.5) is 5.69 Å². The third-order valence-electron chi connectivity index (χ3n) is 4.30. The molecule has 0 spiro atoms. The Kier molecular flexibility index (Phi) is 4.13. The van der Waals surface area contributed by atoms with Crippen molar-refractivity contribution in [1.82, 2.24) is 0 Å². The first-order chi connectivity index (χ1) is 8.18. The van der Waals surface area contributed by atoms with Crippen molar-refractivity contribution in [3.63, 3.8) is 0 Å². The van der Waals surface area contributed by atoms with Crippen molar-refractivity contribution in [2.45, 2.75) is 38.4 Å². The molecule has 0 unspecified atom stereocenters. The summed E-state index contributed by atoms with van der Waals surface area (Å²) in [4.78, 5) is 2.55. The van der Waals surface area contributed by atoms with Crippen LogP contribution in [0.5, 0.6) is 0 Å². The van der Waals surface area contributed by atoms with Gasteiger partial charge in [0.15, 0.2) is 0 Å². The highest BCUT2D eigenvalue weighted by atomic mass is 79.9. The van der Waals surface area contributed by atoms with Crippen LogP contribution in [0.15, 0.2) is 24.3 Å². The number of halogens is 1. The van der Waals surface area contributed by atoms with Crippen molar-refractivity contribution in [2.24, 2.45) is 5.41 Å². The summed E-state index contributed by atoms with van der Waals surface area (Å²) in [6.07, 6.45) is 3.95. The van der Waals surface area contributed by atoms with Gasteiger partial charge in [0.1, 0.15) is 0 Å². The lowest BCUT2D eigenvalue weighted by atomic mass is 9.78. The van der Waals surface area contributed by atoms with Crippen molar-refractivity contribution in [2.75, 3.05) is 18.0 Å². The highest BCUT2D eigenvalue weighted by molar-refractivity contribution is 9.08. The van der Waals surface area contributed by atoms with Crippen LogP contribution in [0.2, 0.25) is 0 Å². The summed E-state index contributed by atoms with van der Waals surface area (Å²) in [6, 6.07) is 8.75. The van der Waals surface area contributed by atoms with Crippen LogP contribution < -0.4 is 4.90 Å². The summed E-state index contributed by atoms with van der Waals surface area (Å²) < 4.78 is 0. The molecule has 1 fully saturated rings. The number of benzene rings is 1. The summed E-state index contributed by atoms with van der Waals surface area (Å²) in [5.41, 5.74) is 3.40. The van der Waals surface area contributed by atoms with Gasteiger partial charge < -0.3 is 4.90 Å². The minimum Gasteiger partial charge on any atom is -0.371 e. The van der Waals surface area contributed by atoms with Crippen molar-refractivity contribution in [3.05, 3.63) is 29.8 Å². The molecule has 1 saturated heterocycles. The second-order valence-electron chi connectivity index (χ2n) is 5.41. The molecule has 94 valence electrons. The average Bonchev–Trinajstić information content (AvgIpc) is 2.40. The number of piperidine rings is 1. The molecule has 0 radical (unpaired) electrons. The molecule has 1 heterocycles. The molecular formula is C15H22BrN. The first kappa shape index (κ1) is 12.9. The van der Waals surface area contributed by atoms with E-state index >= 15 is 0 Å². The maximum absolute atomic E-state index is 3.58. The fraction of sp³-hybridized carbons (Fsp3) is 0.600. The van der Waals surface area contributed by atoms with Crippen LogP contribution in [-0.2, 0) is 5.33 Å². The Morgan fingerprint density at radius 1 is 1.24 bits per heavy atom. The number of para-hydroxylation sites is 1. The lowest BCUT2D eigenvalue weighted by Gasteiger charge is -2.40. The molecule has 1 aromatic carbocycles. The van der Waals surface area contributed by atoms with Gasteiger partial charge in [0.05, 0.1) is 0 Å². The van der Waals surface area contributed by atoms with E-state index < -0.39 is 0 Å². The number of rotatable bonds is 3. The Labute approximate surface area is 113 Å². The van der Waals surface area contributed by atoms with Crippen LogP contribution >= 0.6 is 15.9 Å². The zero-order chi connectivity index (χ0) is 12.3. The molecule has 17 heavy (non-hydrogen) atoms. The lowest BCUT2D eigenvalue weighted by molar-refractivity contribution is 0.238. The molecule has 1 nitrogen and oxygen atoms in total. The van der Waals surface area contributed by atoms with E-state index in [0.29, 0.717) is 5.41 Å². The Balaban J connectivity index is 2.10. The zero-order valence-electron chi connectivity index (χ0n) is 10.9. The monoisotopic (exact) mass is 295 g/mol. The normalized spacial score (nSPS) is 19.4. The largest absolute Gasteiger partial charge is 0.371 e. The molecule has 1 aliphatic heterocycles. The van der Waals surface area contributed by atoms with E-state index in [1.807, 2.05) is 0 Å². The smallest absolute Gasteiger partial charge is 0.0407 e. The first-order valence-corrected chi connectivity index (χ1v) is 7.69. The fourth-order valence-corrected chi connectivity index (χ4v) is 3.05. The molecule has 0 amide bonds. The molecule has 0 bridgehead atoms. The summed E-state index contributed by atoms with van der Waals surface area (Å²) >= 11 is 3.58. The van der Waals surface area contributed by atoms with Gasteiger partial charge in [-0.3, -0.25) is 0 Å². The molecule has 0 aliphatic carbocycles. The van der Waals surface area contributed by atoms with Gasteiger partial charge in [0.2, 0.25) is 0 Å². The van der Waals surface area contributed by atoms with E-state index in [9.17, 15) is 0 Å². The average molecular weight is 296 g/mol. The Hall–Kier alpha value is -0.500. The third-order valence-corrected chi connectivity index (χ3v) is 4.90. The highest BCUT2D eigenvalue weighted by Gasteiger charge is 2.28. The SMILES string of the molecule is CCC1(C)CCN(c2ccccc2CBr)CC1. The van der Waals surface area contributed by atoms with Gasteiger partial charge in [0.25, 0.3) is 0 Å². The summed E-state index contributed by atoms with van der Waals surface area (Å²) in [7, 11) is 0. The second-order valence-corrected chi connectivity index (χ2v) is 5.97. The standard InChI is InChI=1S/C15H22BrN/c1-3-15(2)8-10-17(11-9-15)14-7-5-4-6-13(14)12-16/h4-7H,3,8-12H2,1-2H3. The second kappa shape index (κ2) is 5.43. The van der Waals surface area contributed by atoms with Crippen LogP contribution in [0.1, 0.15) is 38.7 Å². The Morgan fingerprint density at radius 2 is 1.88 bits per heavy atom. The molecule has 0 aromatic heterocycles. The van der Waals surface area contributed by atoms with Gasteiger partial charge in [-0.15, -0.1) is 0 Å². The summed E-state index contributed by atoms with van der Waals surface area (Å²) in [6.45, 7) is 7.16. The van der Waals surface area contributed by atoms with Crippen LogP contribution in [-0.4, -0.2) is 13.1 Å². The van der Waals surface area contributed by atoms with Crippen LogP contribution in [0, 0.1) is 5.41 Å². The zero-order valence-corrected chi connectivity index (χ0v) is 12.5. The van der Waals surface area contributed by atoms with Gasteiger partial charge in [-0.25, -0.2) is 0 Å². The molecule has 1 aromatic rings. The van der Waals surface area contributed by atoms with E-state index in [-0.39, 0.29) is 0 Å². The molecular weight excluding hydrogens is 274 g/mol. The quantitative estimate of drug-likeness (QED) is 0.737. The topological polar surface area (TPSA) is 3.24 Å². The maximum Gasteiger partial charge on any atom is 0.0407 e. The number of alkyl halides is 1. The minimum absolute atomic E-state index is 0.569. The Morgan fingerprint density at radius 3 is 2.47 bits per heavy atom. The molecule has 0 saturated carbocycles. The minimum atomic E-state index is 0.569. The number of nitrogens with zero attached hydrogens (tertiary/aromatic N) is 1. The van der Waals surface area contributed by atoms with E-state index in [2.05, 4.69) is 58.9 Å². The molecule has 0 N–H and O–H groups in total. The predicted molar refractivity (Wildman–Crippen MR) is 78.9 cm³/mol. The number of anilines is 1. The molecule has 0 atom stereocenters. The van der Waals surface area contributed by atoms with Gasteiger partial charge >= 0.3 is 0 Å². The van der Waals surface area contributed by atoms with Crippen molar-refractivity contribution in [3.8, 4) is 0 Å². The summed E-state index contributed by atoms with van der Waals surface area (Å²) in [5, 5.41) is 0.949. The third kappa shape index (κ3) is 2.85. The predicted octanol–water partition coefficient (Wildman–Crippen LogP) is 4.60. The fourth-order valence-electron chi connectivity index (χ4n) is 2.57. The van der Waals surface area contributed by atoms with Crippen LogP contribution in [0.25, 0.3) is 0 Å². The van der Waals surface area contributed by atoms with Gasteiger partial charge in [-0.2, -0.15) is 0 Å².